The number of carbonyl (C=O) groups excluding carboxylic acids is 1. The van der Waals surface area contributed by atoms with Crippen LogP contribution >= 0.6 is 24.0 Å². The molecule has 1 aromatic rings. The molecular weight excluding hydrogens is 299 g/mol. The summed E-state index contributed by atoms with van der Waals surface area (Å²) >= 11 is 6.00. The summed E-state index contributed by atoms with van der Waals surface area (Å²) in [4.78, 5) is 11.8. The van der Waals surface area contributed by atoms with Crippen molar-refractivity contribution in [2.24, 2.45) is 0 Å². The smallest absolute Gasteiger partial charge is 0.238 e. The molecule has 1 aromatic carbocycles. The van der Waals surface area contributed by atoms with E-state index in [9.17, 15) is 4.79 Å². The van der Waals surface area contributed by atoms with E-state index in [4.69, 9.17) is 16.3 Å². The molecule has 6 heteroatoms. The molecule has 20 heavy (non-hydrogen) atoms. The highest BCUT2D eigenvalue weighted by molar-refractivity contribution is 6.31. The van der Waals surface area contributed by atoms with Gasteiger partial charge in [0.25, 0.3) is 0 Å². The van der Waals surface area contributed by atoms with E-state index in [-0.39, 0.29) is 31.0 Å². The summed E-state index contributed by atoms with van der Waals surface area (Å²) in [5.74, 6) is -0.0663. The van der Waals surface area contributed by atoms with Crippen molar-refractivity contribution >= 4 is 35.6 Å². The number of amides is 1. The molecule has 0 saturated carbocycles. The molecule has 0 bridgehead atoms. The fraction of sp³-hybridized carbons (Fsp3) is 0.500. The third-order valence-electron chi connectivity index (χ3n) is 3.22. The molecule has 0 aliphatic carbocycles. The van der Waals surface area contributed by atoms with Crippen LogP contribution in [-0.2, 0) is 9.53 Å². The largest absolute Gasteiger partial charge is 0.377 e. The van der Waals surface area contributed by atoms with Gasteiger partial charge in [0, 0.05) is 23.9 Å². The normalized spacial score (nSPS) is 17.6. The van der Waals surface area contributed by atoms with Crippen molar-refractivity contribution in [1.29, 1.82) is 0 Å². The van der Waals surface area contributed by atoms with Crippen molar-refractivity contribution in [1.82, 2.24) is 5.32 Å². The number of nitrogens with one attached hydrogen (secondary N) is 2. The van der Waals surface area contributed by atoms with Crippen LogP contribution < -0.4 is 10.6 Å². The van der Waals surface area contributed by atoms with Crippen molar-refractivity contribution in [2.45, 2.75) is 25.9 Å². The van der Waals surface area contributed by atoms with Gasteiger partial charge in [-0.3, -0.25) is 4.79 Å². The van der Waals surface area contributed by atoms with Gasteiger partial charge in [-0.05, 0) is 37.5 Å². The van der Waals surface area contributed by atoms with Gasteiger partial charge in [-0.2, -0.15) is 0 Å². The zero-order valence-electron chi connectivity index (χ0n) is 11.4. The summed E-state index contributed by atoms with van der Waals surface area (Å²) in [6, 6.07) is 5.48. The molecule has 1 saturated heterocycles. The number of hydrogen-bond acceptors (Lipinski definition) is 3. The van der Waals surface area contributed by atoms with E-state index in [2.05, 4.69) is 10.6 Å². The Morgan fingerprint density at radius 2 is 2.30 bits per heavy atom. The van der Waals surface area contributed by atoms with E-state index in [1.165, 1.54) is 0 Å². The first-order valence-corrected chi connectivity index (χ1v) is 6.92. The number of halogens is 2. The summed E-state index contributed by atoms with van der Waals surface area (Å²) in [5, 5.41) is 6.62. The van der Waals surface area contributed by atoms with Gasteiger partial charge in [-0.1, -0.05) is 17.7 Å². The van der Waals surface area contributed by atoms with E-state index < -0.39 is 0 Å². The second kappa shape index (κ2) is 8.47. The summed E-state index contributed by atoms with van der Waals surface area (Å²) in [7, 11) is 0. The Morgan fingerprint density at radius 3 is 3.00 bits per heavy atom. The molecule has 0 spiro atoms. The zero-order chi connectivity index (χ0) is 13.7. The number of ether oxygens (including phenoxy) is 1. The van der Waals surface area contributed by atoms with Crippen molar-refractivity contribution in [3.8, 4) is 0 Å². The molecule has 1 heterocycles. The first kappa shape index (κ1) is 17.2. The molecule has 1 unspecified atom stereocenters. The number of benzene rings is 1. The molecule has 1 amide bonds. The minimum atomic E-state index is -0.0663. The fourth-order valence-electron chi connectivity index (χ4n) is 2.09. The Morgan fingerprint density at radius 1 is 1.50 bits per heavy atom. The van der Waals surface area contributed by atoms with Crippen LogP contribution in [-0.4, -0.2) is 31.7 Å². The second-order valence-electron chi connectivity index (χ2n) is 4.73. The molecule has 112 valence electrons. The van der Waals surface area contributed by atoms with Crippen LogP contribution in [0.2, 0.25) is 5.02 Å². The van der Waals surface area contributed by atoms with E-state index >= 15 is 0 Å². The summed E-state index contributed by atoms with van der Waals surface area (Å²) in [6.45, 7) is 3.73. The molecule has 0 aromatic heterocycles. The number of rotatable bonds is 5. The standard InChI is InChI=1S/C14H19ClN2O2.ClH/c1-10-12(15)5-2-6-13(10)17-14(18)9-16-8-11-4-3-7-19-11;/h2,5-6,11,16H,3-4,7-9H2,1H3,(H,17,18);1H. The van der Waals surface area contributed by atoms with Crippen LogP contribution in [0.25, 0.3) is 0 Å². The van der Waals surface area contributed by atoms with Crippen LogP contribution in [0.3, 0.4) is 0 Å². The molecule has 0 radical (unpaired) electrons. The fourth-order valence-corrected chi connectivity index (χ4v) is 2.26. The highest BCUT2D eigenvalue weighted by Gasteiger charge is 2.15. The lowest BCUT2D eigenvalue weighted by Gasteiger charge is -2.12. The minimum Gasteiger partial charge on any atom is -0.377 e. The summed E-state index contributed by atoms with van der Waals surface area (Å²) < 4.78 is 5.48. The van der Waals surface area contributed by atoms with Gasteiger partial charge in [-0.25, -0.2) is 0 Å². The van der Waals surface area contributed by atoms with Crippen molar-refractivity contribution in [2.75, 3.05) is 25.0 Å². The average Bonchev–Trinajstić information content (AvgIpc) is 2.88. The van der Waals surface area contributed by atoms with Crippen LogP contribution in [0.15, 0.2) is 18.2 Å². The van der Waals surface area contributed by atoms with Crippen LogP contribution in [0.4, 0.5) is 5.69 Å². The maximum Gasteiger partial charge on any atom is 0.238 e. The quantitative estimate of drug-likeness (QED) is 0.877. The Balaban J connectivity index is 0.00000200. The average molecular weight is 319 g/mol. The summed E-state index contributed by atoms with van der Waals surface area (Å²) in [5.41, 5.74) is 1.65. The first-order chi connectivity index (χ1) is 9.16. The Hall–Kier alpha value is -0.810. The molecule has 2 rings (SSSR count). The summed E-state index contributed by atoms with van der Waals surface area (Å²) in [6.07, 6.45) is 2.43. The third-order valence-corrected chi connectivity index (χ3v) is 3.63. The molecule has 1 aliphatic heterocycles. The maximum absolute atomic E-state index is 11.8. The van der Waals surface area contributed by atoms with Gasteiger partial charge >= 0.3 is 0 Å². The topological polar surface area (TPSA) is 50.4 Å². The van der Waals surface area contributed by atoms with E-state index in [1.807, 2.05) is 25.1 Å². The van der Waals surface area contributed by atoms with Crippen LogP contribution in [0, 0.1) is 6.92 Å². The van der Waals surface area contributed by atoms with E-state index in [0.717, 1.165) is 37.2 Å². The first-order valence-electron chi connectivity index (χ1n) is 6.54. The third kappa shape index (κ3) is 4.94. The zero-order valence-corrected chi connectivity index (χ0v) is 13.0. The van der Waals surface area contributed by atoms with Crippen molar-refractivity contribution in [3.05, 3.63) is 28.8 Å². The SMILES string of the molecule is Cc1c(Cl)cccc1NC(=O)CNCC1CCCO1.Cl. The van der Waals surface area contributed by atoms with E-state index in [0.29, 0.717) is 5.02 Å². The van der Waals surface area contributed by atoms with Crippen LogP contribution in [0.1, 0.15) is 18.4 Å². The maximum atomic E-state index is 11.8. The molecule has 1 aliphatic rings. The minimum absolute atomic E-state index is 0. The van der Waals surface area contributed by atoms with Gasteiger partial charge < -0.3 is 15.4 Å². The number of carbonyl (C=O) groups is 1. The molecular formula is C14H20Cl2N2O2. The lowest BCUT2D eigenvalue weighted by atomic mass is 10.2. The number of hydrogen-bond donors (Lipinski definition) is 2. The molecule has 2 N–H and O–H groups in total. The molecule has 1 fully saturated rings. The lowest BCUT2D eigenvalue weighted by molar-refractivity contribution is -0.115. The van der Waals surface area contributed by atoms with Crippen LogP contribution in [0.5, 0.6) is 0 Å². The van der Waals surface area contributed by atoms with Gasteiger partial charge in [0.2, 0.25) is 5.91 Å². The number of anilines is 1. The van der Waals surface area contributed by atoms with Crippen molar-refractivity contribution in [3.63, 3.8) is 0 Å². The predicted octanol–water partition coefficient (Wildman–Crippen LogP) is 2.78. The van der Waals surface area contributed by atoms with Gasteiger partial charge in [0.05, 0.1) is 12.6 Å². The highest BCUT2D eigenvalue weighted by Crippen LogP contribution is 2.22. The monoisotopic (exact) mass is 318 g/mol. The van der Waals surface area contributed by atoms with Gasteiger partial charge in [0.15, 0.2) is 0 Å². The van der Waals surface area contributed by atoms with Gasteiger partial charge in [-0.15, -0.1) is 12.4 Å². The lowest BCUT2D eigenvalue weighted by Crippen LogP contribution is -2.33. The Bertz CT molecular complexity index is 449. The van der Waals surface area contributed by atoms with E-state index in [1.54, 1.807) is 0 Å². The Kier molecular flexibility index (Phi) is 7.30. The Labute approximate surface area is 130 Å². The second-order valence-corrected chi connectivity index (χ2v) is 5.13. The molecule has 1 atom stereocenters. The highest BCUT2D eigenvalue weighted by atomic mass is 35.5. The molecule has 4 nitrogen and oxygen atoms in total. The van der Waals surface area contributed by atoms with Gasteiger partial charge in [0.1, 0.15) is 0 Å². The van der Waals surface area contributed by atoms with Crippen molar-refractivity contribution < 1.29 is 9.53 Å². The predicted molar refractivity (Wildman–Crippen MR) is 83.9 cm³/mol.